The van der Waals surface area contributed by atoms with Gasteiger partial charge in [0.05, 0.1) is 0 Å². The van der Waals surface area contributed by atoms with E-state index < -0.39 is 0 Å². The van der Waals surface area contributed by atoms with Crippen molar-refractivity contribution in [2.45, 2.75) is 57.8 Å². The Labute approximate surface area is 832 Å². The second kappa shape index (κ2) is 36.7. The SMILES string of the molecule is CC1(C)c2cc(-c3nc(-c4ccc(-c5ccccc5)cc4)nc(-c4ccc(-c5ccccc5)cc4)n3)ccc2-c2ccc3ccccc3c21.CC1(C)c2cc(-c3nc(-c4ccc(-c5ccccc5)cc4)nc(-c4ccc(-c5cccnc5)cc4)n3)ccc2-c2c1ccc1ccccc21.CC1(C)c2ccccc2-c2cc(-c3nc(-c4ccc(-c5ccccc5)cc4)nc(-c4ccc(-c5ccccc5)cc4)n3)ccc21. The third-order valence-corrected chi connectivity index (χ3v) is 28.8. The average Bonchev–Trinajstić information content (AvgIpc) is 1.58. The summed E-state index contributed by atoms with van der Waals surface area (Å²) in [6.45, 7) is 13.9. The van der Waals surface area contributed by atoms with E-state index in [2.05, 4.69) is 471 Å². The van der Waals surface area contributed by atoms with Crippen molar-refractivity contribution in [2.75, 3.05) is 0 Å². The molecule has 0 N–H and O–H groups in total. The van der Waals surface area contributed by atoms with E-state index in [1.807, 2.05) is 42.6 Å². The van der Waals surface area contributed by atoms with E-state index in [9.17, 15) is 0 Å². The molecule has 0 saturated heterocycles. The minimum absolute atomic E-state index is 0.0547. The summed E-state index contributed by atoms with van der Waals surface area (Å²) in [7, 11) is 0. The minimum atomic E-state index is -0.180. The van der Waals surface area contributed by atoms with Crippen molar-refractivity contribution in [1.82, 2.24) is 49.8 Å². The van der Waals surface area contributed by atoms with Crippen LogP contribution >= 0.6 is 0 Å². The zero-order valence-electron chi connectivity index (χ0n) is 80.0. The van der Waals surface area contributed by atoms with Crippen LogP contribution in [0, 0.1) is 0 Å². The van der Waals surface area contributed by atoms with E-state index in [0.29, 0.717) is 52.4 Å². The van der Waals surface area contributed by atoms with Crippen LogP contribution in [-0.4, -0.2) is 49.8 Å². The summed E-state index contributed by atoms with van der Waals surface area (Å²) in [5.41, 5.74) is 37.7. The lowest BCUT2D eigenvalue weighted by atomic mass is 9.80. The van der Waals surface area contributed by atoms with Gasteiger partial charge in [-0.25, -0.2) is 44.9 Å². The molecule has 19 aromatic carbocycles. The fraction of sp³-hybridized carbons (Fsp3) is 0.0677. The lowest BCUT2D eigenvalue weighted by Gasteiger charge is -2.23. The summed E-state index contributed by atoms with van der Waals surface area (Å²) in [5.74, 6) is 5.89. The molecule has 3 aliphatic carbocycles. The lowest BCUT2D eigenvalue weighted by Crippen LogP contribution is -2.15. The number of pyridine rings is 1. The number of hydrogen-bond donors (Lipinski definition) is 0. The molecular weight excluding hydrogens is 1740 g/mol. The highest BCUT2D eigenvalue weighted by Crippen LogP contribution is 2.55. The van der Waals surface area contributed by atoms with Crippen molar-refractivity contribution in [2.24, 2.45) is 0 Å². The van der Waals surface area contributed by atoms with E-state index in [4.69, 9.17) is 44.9 Å². The van der Waals surface area contributed by atoms with Gasteiger partial charge in [-0.2, -0.15) is 0 Å². The maximum Gasteiger partial charge on any atom is 0.164 e. The Morgan fingerprint density at radius 3 is 0.811 bits per heavy atom. The largest absolute Gasteiger partial charge is 0.264 e. The van der Waals surface area contributed by atoms with Crippen LogP contribution < -0.4 is 0 Å². The molecule has 0 amide bonds. The van der Waals surface area contributed by atoms with Crippen LogP contribution in [0.15, 0.2) is 473 Å². The van der Waals surface area contributed by atoms with Crippen LogP contribution in [0.2, 0.25) is 0 Å². The molecule has 3 aliphatic rings. The van der Waals surface area contributed by atoms with Crippen molar-refractivity contribution in [3.8, 4) is 203 Å². The number of benzene rings is 19. The van der Waals surface area contributed by atoms with Gasteiger partial charge in [-0.15, -0.1) is 0 Å². The highest BCUT2D eigenvalue weighted by Gasteiger charge is 2.40. The molecule has 0 fully saturated rings. The van der Waals surface area contributed by atoms with E-state index in [-0.39, 0.29) is 16.2 Å². The third-order valence-electron chi connectivity index (χ3n) is 28.8. The molecule has 0 bridgehead atoms. The van der Waals surface area contributed by atoms with E-state index in [0.717, 1.165) is 89.0 Å². The van der Waals surface area contributed by atoms with Gasteiger partial charge in [-0.05, 0) is 179 Å². The first kappa shape index (κ1) is 87.6. The van der Waals surface area contributed by atoms with Crippen LogP contribution in [0.5, 0.6) is 0 Å². The Kier molecular flexibility index (Phi) is 22.5. The quantitative estimate of drug-likeness (QED) is 0.0978. The first-order valence-electron chi connectivity index (χ1n) is 48.8. The van der Waals surface area contributed by atoms with Gasteiger partial charge in [0.25, 0.3) is 0 Å². The Morgan fingerprint density at radius 2 is 0.413 bits per heavy atom. The Bertz CT molecular complexity index is 8440. The van der Waals surface area contributed by atoms with Gasteiger partial charge in [0.2, 0.25) is 0 Å². The summed E-state index contributed by atoms with van der Waals surface area (Å²) in [6, 6.07) is 162. The van der Waals surface area contributed by atoms with Crippen LogP contribution in [0.1, 0.15) is 74.9 Å². The number of fused-ring (bicyclic) bond motifs is 13. The Balaban J connectivity index is 0.000000116. The van der Waals surface area contributed by atoms with Gasteiger partial charge in [0.15, 0.2) is 52.4 Å². The second-order valence-electron chi connectivity index (χ2n) is 38.6. The summed E-state index contributed by atoms with van der Waals surface area (Å²) in [5, 5.41) is 5.13. The highest BCUT2D eigenvalue weighted by molar-refractivity contribution is 6.03. The molecule has 26 rings (SSSR count). The van der Waals surface area contributed by atoms with Gasteiger partial charge in [-0.1, -0.05) is 478 Å². The van der Waals surface area contributed by atoms with Gasteiger partial charge in [0, 0.05) is 78.7 Å². The maximum atomic E-state index is 5.12. The van der Waals surface area contributed by atoms with Gasteiger partial charge >= 0.3 is 0 Å². The predicted molar refractivity (Wildman–Crippen MR) is 587 cm³/mol. The van der Waals surface area contributed by atoms with Crippen molar-refractivity contribution >= 4 is 21.5 Å². The molecule has 143 heavy (non-hydrogen) atoms. The summed E-state index contributed by atoms with van der Waals surface area (Å²) >= 11 is 0. The number of rotatable bonds is 15. The first-order chi connectivity index (χ1) is 70.1. The molecule has 10 nitrogen and oxygen atoms in total. The zero-order valence-corrected chi connectivity index (χ0v) is 80.0. The predicted octanol–water partition coefficient (Wildman–Crippen LogP) is 33.2. The van der Waals surface area contributed by atoms with Gasteiger partial charge in [-0.3, -0.25) is 4.98 Å². The van der Waals surface area contributed by atoms with Crippen molar-refractivity contribution < 1.29 is 0 Å². The monoisotopic (exact) mass is 1830 g/mol. The highest BCUT2D eigenvalue weighted by atomic mass is 15.1. The number of aromatic nitrogens is 10. The fourth-order valence-electron chi connectivity index (χ4n) is 21.1. The molecular formula is C133H96N10. The molecule has 0 saturated carbocycles. The molecule has 23 aromatic rings. The standard InChI is InChI=1S/C46H33N3.C45H32N4.C42H31N3/c1-46(2)41-29-37(26-27-39(41)40-28-25-34-15-9-10-16-38(34)42(40)46)45-48-43(35-21-17-32(18-22-35)30-11-5-3-6-12-30)47-44(49-45)36-23-19-33(20-24-36)31-13-7-4-8-14-31;1-45(2)39-25-23-32-11-6-7-13-37(32)41(39)38-24-22-35(27-40(38)45)44-48-42(33-18-14-30(15-19-33)29-9-4-3-5-10-29)47-43(49-44)34-20-16-31(17-21-34)36-12-8-26-46-28-36;1-42(2)37-16-10-9-15-35(37)36-27-34(25-26-38(36)42)41-44-39(32-21-17-30(18-22-32)28-11-5-3-6-12-28)43-40(45-41)33-23-19-31(20-24-33)29-13-7-4-8-14-29/h3-29H,1-2H3;3-28H,1-2H3;3-27H,1-2H3. The summed E-state index contributed by atoms with van der Waals surface area (Å²) in [6.07, 6.45) is 3.67. The molecule has 4 heterocycles. The van der Waals surface area contributed by atoms with Crippen LogP contribution in [0.3, 0.4) is 0 Å². The van der Waals surface area contributed by atoms with Crippen molar-refractivity contribution in [3.63, 3.8) is 0 Å². The molecule has 0 spiro atoms. The number of nitrogens with zero attached hydrogens (tertiary/aromatic N) is 10. The summed E-state index contributed by atoms with van der Waals surface area (Å²) < 4.78 is 0. The van der Waals surface area contributed by atoms with Crippen molar-refractivity contribution in [3.05, 3.63) is 507 Å². The van der Waals surface area contributed by atoms with Crippen LogP contribution in [0.4, 0.5) is 0 Å². The molecule has 0 aliphatic heterocycles. The zero-order chi connectivity index (χ0) is 96.3. The van der Waals surface area contributed by atoms with E-state index in [1.54, 1.807) is 6.20 Å². The minimum Gasteiger partial charge on any atom is -0.264 e. The normalized spacial score (nSPS) is 12.9. The van der Waals surface area contributed by atoms with Gasteiger partial charge in [0.1, 0.15) is 0 Å². The van der Waals surface area contributed by atoms with Gasteiger partial charge < -0.3 is 0 Å². The van der Waals surface area contributed by atoms with Crippen LogP contribution in [-0.2, 0) is 16.2 Å². The Morgan fingerprint density at radius 1 is 0.154 bits per heavy atom. The molecule has 4 aromatic heterocycles. The second-order valence-corrected chi connectivity index (χ2v) is 38.6. The van der Waals surface area contributed by atoms with Crippen molar-refractivity contribution in [1.29, 1.82) is 0 Å². The molecule has 0 atom stereocenters. The molecule has 678 valence electrons. The molecule has 0 unspecified atom stereocenters. The summed E-state index contributed by atoms with van der Waals surface area (Å²) in [4.78, 5) is 50.0. The third kappa shape index (κ3) is 16.7. The lowest BCUT2D eigenvalue weighted by molar-refractivity contribution is 0.660. The smallest absolute Gasteiger partial charge is 0.164 e. The van der Waals surface area contributed by atoms with Crippen LogP contribution in [0.25, 0.3) is 224 Å². The topological polar surface area (TPSA) is 129 Å². The fourth-order valence-corrected chi connectivity index (χ4v) is 21.1. The van der Waals surface area contributed by atoms with E-state index >= 15 is 0 Å². The number of hydrogen-bond acceptors (Lipinski definition) is 10. The first-order valence-corrected chi connectivity index (χ1v) is 48.8. The Hall–Kier alpha value is -18.1. The maximum absolute atomic E-state index is 5.12. The molecule has 0 radical (unpaired) electrons. The molecule has 10 heteroatoms. The average molecular weight is 1830 g/mol. The van der Waals surface area contributed by atoms with E-state index in [1.165, 1.54) is 116 Å².